The Morgan fingerprint density at radius 3 is 2.40 bits per heavy atom. The molecule has 0 aliphatic carbocycles. The number of halogens is 1. The van der Waals surface area contributed by atoms with Crippen molar-refractivity contribution in [1.29, 1.82) is 0 Å². The zero-order chi connectivity index (χ0) is 15.1. The van der Waals surface area contributed by atoms with Crippen LogP contribution in [0.3, 0.4) is 0 Å². The largest absolute Gasteiger partial charge is 0.313 e. The smallest absolute Gasteiger partial charge is 0.127 e. The highest BCUT2D eigenvalue weighted by atomic mass is 19.1. The Morgan fingerprint density at radius 2 is 1.85 bits per heavy atom. The molecule has 2 atom stereocenters. The Hall–Kier alpha value is -0.930. The molecule has 2 nitrogen and oxygen atoms in total. The lowest BCUT2D eigenvalue weighted by Gasteiger charge is -2.28. The molecule has 0 aliphatic rings. The van der Waals surface area contributed by atoms with Gasteiger partial charge in [0.15, 0.2) is 0 Å². The van der Waals surface area contributed by atoms with Crippen molar-refractivity contribution < 1.29 is 4.39 Å². The Bertz CT molecular complexity index is 392. The second-order valence-electron chi connectivity index (χ2n) is 6.11. The first-order valence-corrected chi connectivity index (χ1v) is 7.57. The summed E-state index contributed by atoms with van der Waals surface area (Å²) in [6.45, 7) is 7.73. The lowest BCUT2D eigenvalue weighted by Crippen LogP contribution is -2.33. The van der Waals surface area contributed by atoms with Crippen molar-refractivity contribution in [3.8, 4) is 0 Å². The van der Waals surface area contributed by atoms with E-state index in [1.165, 1.54) is 12.5 Å². The van der Waals surface area contributed by atoms with E-state index in [1.54, 1.807) is 6.07 Å². The second-order valence-corrected chi connectivity index (χ2v) is 6.11. The van der Waals surface area contributed by atoms with Gasteiger partial charge >= 0.3 is 0 Å². The van der Waals surface area contributed by atoms with Gasteiger partial charge in [0.2, 0.25) is 0 Å². The highest BCUT2D eigenvalue weighted by molar-refractivity contribution is 5.21. The minimum atomic E-state index is -0.121. The van der Waals surface area contributed by atoms with Gasteiger partial charge in [-0.05, 0) is 52.4 Å². The molecule has 0 spiro atoms. The summed E-state index contributed by atoms with van der Waals surface area (Å²) < 4.78 is 13.8. The first kappa shape index (κ1) is 17.1. The van der Waals surface area contributed by atoms with Crippen LogP contribution in [-0.2, 0) is 0 Å². The molecule has 1 rings (SSSR count). The fourth-order valence-electron chi connectivity index (χ4n) is 2.63. The average molecular weight is 280 g/mol. The van der Waals surface area contributed by atoms with E-state index in [9.17, 15) is 4.39 Å². The summed E-state index contributed by atoms with van der Waals surface area (Å²) in [5.41, 5.74) is 0.764. The third kappa shape index (κ3) is 5.22. The van der Waals surface area contributed by atoms with Gasteiger partial charge in [-0.3, -0.25) is 0 Å². The lowest BCUT2D eigenvalue weighted by atomic mass is 10.0. The first-order valence-electron chi connectivity index (χ1n) is 7.57. The van der Waals surface area contributed by atoms with Gasteiger partial charge in [0.25, 0.3) is 0 Å². The van der Waals surface area contributed by atoms with Crippen LogP contribution in [0.4, 0.5) is 4.39 Å². The molecule has 1 N–H and O–H groups in total. The molecule has 20 heavy (non-hydrogen) atoms. The van der Waals surface area contributed by atoms with Crippen LogP contribution in [-0.4, -0.2) is 31.6 Å². The van der Waals surface area contributed by atoms with E-state index in [2.05, 4.69) is 38.0 Å². The van der Waals surface area contributed by atoms with Crippen LogP contribution in [0.25, 0.3) is 0 Å². The minimum Gasteiger partial charge on any atom is -0.313 e. The first-order chi connectivity index (χ1) is 9.45. The molecule has 0 saturated heterocycles. The summed E-state index contributed by atoms with van der Waals surface area (Å²) >= 11 is 0. The van der Waals surface area contributed by atoms with Crippen molar-refractivity contribution in [1.82, 2.24) is 10.2 Å². The molecular weight excluding hydrogens is 251 g/mol. The van der Waals surface area contributed by atoms with Crippen molar-refractivity contribution in [3.05, 3.63) is 35.6 Å². The van der Waals surface area contributed by atoms with E-state index in [1.807, 2.05) is 19.2 Å². The summed E-state index contributed by atoms with van der Waals surface area (Å²) in [4.78, 5) is 2.37. The van der Waals surface area contributed by atoms with Crippen LogP contribution in [0.5, 0.6) is 0 Å². The number of rotatable bonds is 8. The van der Waals surface area contributed by atoms with Crippen molar-refractivity contribution >= 4 is 0 Å². The van der Waals surface area contributed by atoms with Gasteiger partial charge < -0.3 is 10.2 Å². The maximum Gasteiger partial charge on any atom is 0.127 e. The standard InChI is InChI=1S/C17H29FN2/c1-13(2)12-14(3)20(5)11-10-17(19-4)15-8-6-7-9-16(15)18/h6-9,13-14,17,19H,10-12H2,1-5H3. The molecular formula is C17H29FN2. The monoisotopic (exact) mass is 280 g/mol. The van der Waals surface area contributed by atoms with Crippen LogP contribution >= 0.6 is 0 Å². The van der Waals surface area contributed by atoms with Crippen molar-refractivity contribution in [3.63, 3.8) is 0 Å². The van der Waals surface area contributed by atoms with Gasteiger partial charge in [0.05, 0.1) is 0 Å². The third-order valence-corrected chi connectivity index (χ3v) is 3.96. The third-order valence-electron chi connectivity index (χ3n) is 3.96. The maximum atomic E-state index is 13.8. The van der Waals surface area contributed by atoms with Crippen LogP contribution in [0, 0.1) is 11.7 Å². The molecule has 0 fully saturated rings. The van der Waals surface area contributed by atoms with Gasteiger partial charge in [0, 0.05) is 17.6 Å². The van der Waals surface area contributed by atoms with E-state index in [0.717, 1.165) is 18.5 Å². The number of benzene rings is 1. The SMILES string of the molecule is CNC(CCN(C)C(C)CC(C)C)c1ccccc1F. The molecule has 0 bridgehead atoms. The topological polar surface area (TPSA) is 15.3 Å². The summed E-state index contributed by atoms with van der Waals surface area (Å²) in [5.74, 6) is 0.587. The molecule has 114 valence electrons. The average Bonchev–Trinajstić information content (AvgIpc) is 2.40. The second kappa shape index (κ2) is 8.38. The summed E-state index contributed by atoms with van der Waals surface area (Å²) in [6, 6.07) is 7.67. The van der Waals surface area contributed by atoms with Crippen LogP contribution in [0.1, 0.15) is 45.2 Å². The lowest BCUT2D eigenvalue weighted by molar-refractivity contribution is 0.217. The van der Waals surface area contributed by atoms with Gasteiger partial charge in [-0.2, -0.15) is 0 Å². The molecule has 0 heterocycles. The van der Waals surface area contributed by atoms with Crippen molar-refractivity contribution in [2.24, 2.45) is 5.92 Å². The Labute approximate surface area is 123 Å². The molecule has 0 saturated carbocycles. The quantitative estimate of drug-likeness (QED) is 0.778. The molecule has 1 aromatic carbocycles. The van der Waals surface area contributed by atoms with Gasteiger partial charge in [-0.1, -0.05) is 32.0 Å². The van der Waals surface area contributed by atoms with Crippen LogP contribution < -0.4 is 5.32 Å². The summed E-state index contributed by atoms with van der Waals surface area (Å²) in [5, 5.41) is 3.23. The van der Waals surface area contributed by atoms with E-state index in [4.69, 9.17) is 0 Å². The molecule has 0 radical (unpaired) electrons. The molecule has 0 amide bonds. The zero-order valence-corrected chi connectivity index (χ0v) is 13.5. The van der Waals surface area contributed by atoms with Crippen molar-refractivity contribution in [2.45, 2.75) is 45.7 Å². The number of hydrogen-bond donors (Lipinski definition) is 1. The fraction of sp³-hybridized carbons (Fsp3) is 0.647. The van der Waals surface area contributed by atoms with Gasteiger partial charge in [-0.15, -0.1) is 0 Å². The molecule has 0 aliphatic heterocycles. The van der Waals surface area contributed by atoms with Gasteiger partial charge in [0.1, 0.15) is 5.82 Å². The highest BCUT2D eigenvalue weighted by Crippen LogP contribution is 2.20. The minimum absolute atomic E-state index is 0.0740. The maximum absolute atomic E-state index is 13.8. The van der Waals surface area contributed by atoms with E-state index >= 15 is 0 Å². The van der Waals surface area contributed by atoms with Gasteiger partial charge in [-0.25, -0.2) is 4.39 Å². The number of hydrogen-bond acceptors (Lipinski definition) is 2. The van der Waals surface area contributed by atoms with Crippen LogP contribution in [0.15, 0.2) is 24.3 Å². The Morgan fingerprint density at radius 1 is 1.20 bits per heavy atom. The number of nitrogens with zero attached hydrogens (tertiary/aromatic N) is 1. The zero-order valence-electron chi connectivity index (χ0n) is 13.5. The molecule has 2 unspecified atom stereocenters. The fourth-order valence-corrected chi connectivity index (χ4v) is 2.63. The Balaban J connectivity index is 2.56. The van der Waals surface area contributed by atoms with E-state index in [0.29, 0.717) is 12.0 Å². The number of nitrogens with one attached hydrogen (secondary N) is 1. The van der Waals surface area contributed by atoms with E-state index < -0.39 is 0 Å². The predicted molar refractivity (Wildman–Crippen MR) is 84.4 cm³/mol. The Kier molecular flexibility index (Phi) is 7.17. The molecule has 0 aromatic heterocycles. The van der Waals surface area contributed by atoms with E-state index in [-0.39, 0.29) is 11.9 Å². The highest BCUT2D eigenvalue weighted by Gasteiger charge is 2.16. The predicted octanol–water partition coefficient (Wildman–Crippen LogP) is 3.84. The van der Waals surface area contributed by atoms with Crippen LogP contribution in [0.2, 0.25) is 0 Å². The normalized spacial score (nSPS) is 14.8. The van der Waals surface area contributed by atoms with Crippen molar-refractivity contribution in [2.75, 3.05) is 20.6 Å². The summed E-state index contributed by atoms with van der Waals surface area (Å²) in [6.07, 6.45) is 2.11. The molecule has 1 aromatic rings. The summed E-state index contributed by atoms with van der Waals surface area (Å²) in [7, 11) is 4.05. The molecule has 3 heteroatoms.